The van der Waals surface area contributed by atoms with Crippen LogP contribution in [0.25, 0.3) is 0 Å². The van der Waals surface area contributed by atoms with Crippen LogP contribution in [0.4, 0.5) is 0 Å². The third-order valence-corrected chi connectivity index (χ3v) is 2.17. The SMILES string of the molecule is CCC(CCCN=C=O)(N=C=O)C(=O)O. The Balaban J connectivity index is 4.55. The quantitative estimate of drug-likeness (QED) is 0.381. The summed E-state index contributed by atoms with van der Waals surface area (Å²) >= 11 is 0. The van der Waals surface area contributed by atoms with Crippen molar-refractivity contribution >= 4 is 18.1 Å². The zero-order chi connectivity index (χ0) is 11.7. The molecule has 0 rings (SSSR count). The Morgan fingerprint density at radius 2 is 2.07 bits per heavy atom. The third kappa shape index (κ3) is 3.85. The fourth-order valence-corrected chi connectivity index (χ4v) is 1.20. The van der Waals surface area contributed by atoms with Crippen molar-refractivity contribution in [2.24, 2.45) is 9.98 Å². The maximum atomic E-state index is 10.9. The molecule has 0 amide bonds. The molecule has 6 nitrogen and oxygen atoms in total. The van der Waals surface area contributed by atoms with E-state index in [2.05, 4.69) is 9.98 Å². The van der Waals surface area contributed by atoms with Gasteiger partial charge >= 0.3 is 5.97 Å². The first kappa shape index (κ1) is 13.2. The van der Waals surface area contributed by atoms with E-state index in [1.54, 1.807) is 6.92 Å². The molecular formula is C9H12N2O4. The van der Waals surface area contributed by atoms with Crippen LogP contribution in [-0.4, -0.2) is 35.3 Å². The van der Waals surface area contributed by atoms with Crippen molar-refractivity contribution < 1.29 is 19.5 Å². The first-order valence-electron chi connectivity index (χ1n) is 4.49. The summed E-state index contributed by atoms with van der Waals surface area (Å²) in [6, 6.07) is 0. The Bertz CT molecular complexity index is 312. The predicted octanol–water partition coefficient (Wildman–Crippen LogP) is 0.672. The van der Waals surface area contributed by atoms with E-state index in [0.717, 1.165) is 0 Å². The van der Waals surface area contributed by atoms with Gasteiger partial charge in [-0.05, 0) is 19.3 Å². The fraction of sp³-hybridized carbons (Fsp3) is 0.667. The van der Waals surface area contributed by atoms with E-state index in [1.165, 1.54) is 12.2 Å². The highest BCUT2D eigenvalue weighted by atomic mass is 16.4. The number of hydrogen-bond acceptors (Lipinski definition) is 5. The molecular weight excluding hydrogens is 200 g/mol. The summed E-state index contributed by atoms with van der Waals surface area (Å²) in [5.74, 6) is -1.16. The fourth-order valence-electron chi connectivity index (χ4n) is 1.20. The molecule has 0 saturated heterocycles. The van der Waals surface area contributed by atoms with Gasteiger partial charge in [0.25, 0.3) is 0 Å². The van der Waals surface area contributed by atoms with Gasteiger partial charge in [0.2, 0.25) is 12.2 Å². The Morgan fingerprint density at radius 3 is 2.47 bits per heavy atom. The van der Waals surface area contributed by atoms with Crippen molar-refractivity contribution in [1.29, 1.82) is 0 Å². The Labute approximate surface area is 86.7 Å². The summed E-state index contributed by atoms with van der Waals surface area (Å²) in [5, 5.41) is 8.93. The van der Waals surface area contributed by atoms with Crippen LogP contribution in [-0.2, 0) is 14.4 Å². The molecule has 0 bridgehead atoms. The minimum Gasteiger partial charge on any atom is -0.479 e. The normalized spacial score (nSPS) is 13.1. The van der Waals surface area contributed by atoms with Crippen LogP contribution >= 0.6 is 0 Å². The van der Waals surface area contributed by atoms with Gasteiger partial charge in [-0.1, -0.05) is 6.92 Å². The third-order valence-electron chi connectivity index (χ3n) is 2.17. The minimum absolute atomic E-state index is 0.152. The van der Waals surface area contributed by atoms with Crippen LogP contribution < -0.4 is 0 Å². The number of aliphatic carboxylic acids is 1. The number of carboxylic acids is 1. The smallest absolute Gasteiger partial charge is 0.332 e. The van der Waals surface area contributed by atoms with Gasteiger partial charge in [0.15, 0.2) is 5.54 Å². The number of aliphatic imine (C=N–C) groups is 2. The molecule has 0 aromatic heterocycles. The molecule has 6 heteroatoms. The second kappa shape index (κ2) is 6.65. The molecule has 0 radical (unpaired) electrons. The standard InChI is InChI=1S/C9H12N2O4/c1-2-9(8(14)15,11-7-13)4-3-5-10-6-12/h2-5H2,1H3,(H,14,15). The van der Waals surface area contributed by atoms with E-state index >= 15 is 0 Å². The van der Waals surface area contributed by atoms with E-state index in [0.29, 0.717) is 6.42 Å². The molecule has 0 aliphatic rings. The lowest BCUT2D eigenvalue weighted by Crippen LogP contribution is -2.36. The molecule has 0 heterocycles. The van der Waals surface area contributed by atoms with Crippen molar-refractivity contribution in [3.05, 3.63) is 0 Å². The highest BCUT2D eigenvalue weighted by molar-refractivity contribution is 5.80. The summed E-state index contributed by atoms with van der Waals surface area (Å²) in [6.07, 6.45) is 3.33. The molecule has 0 aromatic carbocycles. The maximum absolute atomic E-state index is 10.9. The van der Waals surface area contributed by atoms with Gasteiger partial charge in [-0.15, -0.1) is 0 Å². The van der Waals surface area contributed by atoms with E-state index in [9.17, 15) is 14.4 Å². The van der Waals surface area contributed by atoms with E-state index in [4.69, 9.17) is 5.11 Å². The van der Waals surface area contributed by atoms with E-state index in [-0.39, 0.29) is 19.4 Å². The molecule has 0 aliphatic heterocycles. The van der Waals surface area contributed by atoms with Gasteiger partial charge in [-0.2, -0.15) is 4.99 Å². The second-order valence-electron chi connectivity index (χ2n) is 2.97. The van der Waals surface area contributed by atoms with Gasteiger partial charge < -0.3 is 5.11 Å². The molecule has 15 heavy (non-hydrogen) atoms. The van der Waals surface area contributed by atoms with Crippen molar-refractivity contribution in [1.82, 2.24) is 0 Å². The zero-order valence-electron chi connectivity index (χ0n) is 8.39. The number of nitrogens with zero attached hydrogens (tertiary/aromatic N) is 2. The van der Waals surface area contributed by atoms with Crippen molar-refractivity contribution in [2.45, 2.75) is 31.7 Å². The molecule has 1 unspecified atom stereocenters. The Kier molecular flexibility index (Phi) is 5.86. The Hall–Kier alpha value is -1.77. The minimum atomic E-state index is -1.43. The maximum Gasteiger partial charge on any atom is 0.332 e. The first-order valence-corrected chi connectivity index (χ1v) is 4.49. The van der Waals surface area contributed by atoms with E-state index < -0.39 is 11.5 Å². The summed E-state index contributed by atoms with van der Waals surface area (Å²) in [6.45, 7) is 1.81. The summed E-state index contributed by atoms with van der Waals surface area (Å²) in [4.78, 5) is 37.4. The zero-order valence-corrected chi connectivity index (χ0v) is 8.39. The summed E-state index contributed by atoms with van der Waals surface area (Å²) in [5.41, 5.74) is -1.43. The molecule has 0 aliphatic carbocycles. The lowest BCUT2D eigenvalue weighted by Gasteiger charge is -2.20. The van der Waals surface area contributed by atoms with Gasteiger partial charge in [0.1, 0.15) is 0 Å². The average Bonchev–Trinajstić information content (AvgIpc) is 2.22. The number of carbonyl (C=O) groups excluding carboxylic acids is 2. The lowest BCUT2D eigenvalue weighted by atomic mass is 9.91. The van der Waals surface area contributed by atoms with Gasteiger partial charge in [0, 0.05) is 0 Å². The highest BCUT2D eigenvalue weighted by Gasteiger charge is 2.35. The van der Waals surface area contributed by atoms with Gasteiger partial charge in [0.05, 0.1) is 6.54 Å². The van der Waals surface area contributed by atoms with Crippen LogP contribution in [0.5, 0.6) is 0 Å². The first-order chi connectivity index (χ1) is 7.13. The highest BCUT2D eigenvalue weighted by Crippen LogP contribution is 2.22. The van der Waals surface area contributed by atoms with Crippen molar-refractivity contribution in [3.8, 4) is 0 Å². The number of carboxylic acid groups (broad SMARTS) is 1. The topological polar surface area (TPSA) is 96.2 Å². The van der Waals surface area contributed by atoms with Crippen LogP contribution in [0.1, 0.15) is 26.2 Å². The number of carbonyl (C=O) groups is 1. The second-order valence-corrected chi connectivity index (χ2v) is 2.97. The number of rotatable bonds is 7. The lowest BCUT2D eigenvalue weighted by molar-refractivity contribution is -0.143. The van der Waals surface area contributed by atoms with Crippen LogP contribution in [0.15, 0.2) is 9.98 Å². The molecule has 1 N–H and O–H groups in total. The number of hydrogen-bond donors (Lipinski definition) is 1. The molecule has 0 aromatic rings. The molecule has 0 spiro atoms. The summed E-state index contributed by atoms with van der Waals surface area (Å²) in [7, 11) is 0. The molecule has 1 atom stereocenters. The molecule has 82 valence electrons. The Morgan fingerprint density at radius 1 is 1.40 bits per heavy atom. The van der Waals surface area contributed by atoms with Crippen LogP contribution in [0.3, 0.4) is 0 Å². The van der Waals surface area contributed by atoms with Crippen molar-refractivity contribution in [3.63, 3.8) is 0 Å². The molecule has 0 saturated carbocycles. The van der Waals surface area contributed by atoms with Gasteiger partial charge in [-0.3, -0.25) is 0 Å². The number of isocyanates is 2. The monoisotopic (exact) mass is 212 g/mol. The largest absolute Gasteiger partial charge is 0.479 e. The van der Waals surface area contributed by atoms with Crippen LogP contribution in [0.2, 0.25) is 0 Å². The van der Waals surface area contributed by atoms with Crippen molar-refractivity contribution in [2.75, 3.05) is 6.54 Å². The molecule has 0 fully saturated rings. The van der Waals surface area contributed by atoms with Crippen LogP contribution in [0, 0.1) is 0 Å². The van der Waals surface area contributed by atoms with Gasteiger partial charge in [-0.25, -0.2) is 19.4 Å². The van der Waals surface area contributed by atoms with E-state index in [1.807, 2.05) is 0 Å². The summed E-state index contributed by atoms with van der Waals surface area (Å²) < 4.78 is 0. The average molecular weight is 212 g/mol. The predicted molar refractivity (Wildman–Crippen MR) is 51.0 cm³/mol.